The Labute approximate surface area is 462 Å². The number of carbonyl (C=O) groups is 5. The molecule has 1 aliphatic rings. The van der Waals surface area contributed by atoms with Gasteiger partial charge in [0, 0.05) is 45.3 Å². The summed E-state index contributed by atoms with van der Waals surface area (Å²) in [6, 6.07) is 5.50. The van der Waals surface area contributed by atoms with Crippen LogP contribution in [0.25, 0.3) is 0 Å². The van der Waals surface area contributed by atoms with Crippen molar-refractivity contribution in [1.82, 2.24) is 4.90 Å². The summed E-state index contributed by atoms with van der Waals surface area (Å²) in [5.74, 6) is -1.53. The Bertz CT molecular complexity index is 1600. The van der Waals surface area contributed by atoms with Crippen LogP contribution in [0.3, 0.4) is 0 Å². The Morgan fingerprint density at radius 2 is 0.776 bits per heavy atom. The van der Waals surface area contributed by atoms with Crippen LogP contribution in [0.4, 0.5) is 0 Å². The highest BCUT2D eigenvalue weighted by molar-refractivity contribution is 5.71. The van der Waals surface area contributed by atoms with Crippen LogP contribution in [-0.4, -0.2) is 86.6 Å². The van der Waals surface area contributed by atoms with Gasteiger partial charge in [-0.25, -0.2) is 0 Å². The molecule has 1 aromatic rings. The van der Waals surface area contributed by atoms with Crippen molar-refractivity contribution in [1.29, 1.82) is 0 Å². The van der Waals surface area contributed by atoms with E-state index in [1.54, 1.807) is 0 Å². The lowest BCUT2D eigenvalue weighted by Crippen LogP contribution is -2.23. The summed E-state index contributed by atoms with van der Waals surface area (Å²) in [7, 11) is 0. The lowest BCUT2D eigenvalue weighted by atomic mass is 10.0. The maximum Gasteiger partial charge on any atom is 0.306 e. The van der Waals surface area contributed by atoms with Crippen LogP contribution in [0, 0.1) is 0 Å². The molecule has 1 aliphatic heterocycles. The molecule has 0 spiro atoms. The zero-order valence-corrected chi connectivity index (χ0v) is 48.8. The van der Waals surface area contributed by atoms with Gasteiger partial charge in [-0.1, -0.05) is 156 Å². The van der Waals surface area contributed by atoms with Crippen LogP contribution >= 0.6 is 0 Å². The summed E-state index contributed by atoms with van der Waals surface area (Å²) in [5, 5.41) is 0. The fraction of sp³-hybridized carbons (Fsp3) is 0.825. The first-order valence-corrected chi connectivity index (χ1v) is 31.0. The molecule has 0 bridgehead atoms. The SMILES string of the molecule is CCCCCCCCCOC(=O)CCCCCC(=O)OCc1cc(COC(=O)CCC(CCCCCC)OC(=O)CCCN2CCCC2)cc(COC(=O)CCC(OCCCCCCCC)OCCCCCCCC)c1. The minimum Gasteiger partial charge on any atom is -0.466 e. The van der Waals surface area contributed by atoms with Gasteiger partial charge in [-0.3, -0.25) is 24.0 Å². The van der Waals surface area contributed by atoms with Crippen molar-refractivity contribution in [3.63, 3.8) is 0 Å². The van der Waals surface area contributed by atoms with E-state index in [1.165, 1.54) is 96.3 Å². The van der Waals surface area contributed by atoms with Crippen LogP contribution in [0.1, 0.15) is 282 Å². The van der Waals surface area contributed by atoms with Gasteiger partial charge in [0.1, 0.15) is 25.9 Å². The summed E-state index contributed by atoms with van der Waals surface area (Å²) in [6.07, 6.45) is 33.2. The highest BCUT2D eigenvalue weighted by Gasteiger charge is 2.19. The summed E-state index contributed by atoms with van der Waals surface area (Å²) in [6.45, 7) is 13.5. The Morgan fingerprint density at radius 3 is 1.26 bits per heavy atom. The molecule has 13 nitrogen and oxygen atoms in total. The maximum absolute atomic E-state index is 13.2. The first-order chi connectivity index (χ1) is 37.1. The Hall–Kier alpha value is -3.55. The second-order valence-corrected chi connectivity index (χ2v) is 21.4. The van der Waals surface area contributed by atoms with Gasteiger partial charge >= 0.3 is 29.8 Å². The van der Waals surface area contributed by atoms with Crippen LogP contribution in [0.15, 0.2) is 18.2 Å². The zero-order valence-electron chi connectivity index (χ0n) is 48.8. The fourth-order valence-electron chi connectivity index (χ4n) is 9.51. The second-order valence-electron chi connectivity index (χ2n) is 21.4. The van der Waals surface area contributed by atoms with Crippen molar-refractivity contribution < 1.29 is 57.1 Å². The third-order valence-corrected chi connectivity index (χ3v) is 14.2. The topological polar surface area (TPSA) is 153 Å². The van der Waals surface area contributed by atoms with Gasteiger partial charge in [-0.15, -0.1) is 0 Å². The maximum atomic E-state index is 13.2. The smallest absolute Gasteiger partial charge is 0.306 e. The normalized spacial score (nSPS) is 13.0. The van der Waals surface area contributed by atoms with Crippen molar-refractivity contribution in [2.24, 2.45) is 0 Å². The predicted octanol–water partition coefficient (Wildman–Crippen LogP) is 15.5. The van der Waals surface area contributed by atoms with Crippen molar-refractivity contribution in [2.45, 2.75) is 297 Å². The van der Waals surface area contributed by atoms with E-state index in [9.17, 15) is 24.0 Å². The number of rotatable bonds is 52. The molecular formula is C63H109NO12. The van der Waals surface area contributed by atoms with Crippen molar-refractivity contribution in [2.75, 3.05) is 39.5 Å². The van der Waals surface area contributed by atoms with E-state index in [0.717, 1.165) is 90.3 Å². The van der Waals surface area contributed by atoms with Gasteiger partial charge in [-0.2, -0.15) is 0 Å². The van der Waals surface area contributed by atoms with Crippen molar-refractivity contribution in [3.05, 3.63) is 34.9 Å². The van der Waals surface area contributed by atoms with E-state index in [1.807, 2.05) is 18.2 Å². The molecule has 0 amide bonds. The molecule has 1 atom stereocenters. The molecule has 1 unspecified atom stereocenters. The number of hydrogen-bond acceptors (Lipinski definition) is 13. The fourth-order valence-corrected chi connectivity index (χ4v) is 9.51. The van der Waals surface area contributed by atoms with Gasteiger partial charge in [0.05, 0.1) is 13.0 Å². The molecule has 1 saturated heterocycles. The summed E-state index contributed by atoms with van der Waals surface area (Å²) in [5.41, 5.74) is 2.01. The number of likely N-dealkylation sites (tertiary alicyclic amines) is 1. The van der Waals surface area contributed by atoms with Gasteiger partial charge < -0.3 is 38.1 Å². The molecule has 1 aromatic carbocycles. The first-order valence-electron chi connectivity index (χ1n) is 31.0. The van der Waals surface area contributed by atoms with E-state index in [2.05, 4.69) is 32.6 Å². The Kier molecular flexibility index (Phi) is 43.8. The van der Waals surface area contributed by atoms with E-state index in [-0.39, 0.29) is 69.1 Å². The highest BCUT2D eigenvalue weighted by Crippen LogP contribution is 2.20. The summed E-state index contributed by atoms with van der Waals surface area (Å²) >= 11 is 0. The van der Waals surface area contributed by atoms with Gasteiger partial charge in [-0.05, 0) is 125 Å². The molecule has 1 heterocycles. The minimum absolute atomic E-state index is 0.0107. The molecule has 13 heteroatoms. The number of nitrogens with zero attached hydrogens (tertiary/aromatic N) is 1. The van der Waals surface area contributed by atoms with E-state index in [0.29, 0.717) is 87.9 Å². The minimum atomic E-state index is -0.479. The van der Waals surface area contributed by atoms with Gasteiger partial charge in [0.15, 0.2) is 6.29 Å². The number of carbonyl (C=O) groups excluding carboxylic acids is 5. The monoisotopic (exact) mass is 1070 g/mol. The molecule has 0 aliphatic carbocycles. The van der Waals surface area contributed by atoms with Crippen molar-refractivity contribution in [3.8, 4) is 0 Å². The average Bonchev–Trinajstić information content (AvgIpc) is 3.94. The second kappa shape index (κ2) is 48.6. The lowest BCUT2D eigenvalue weighted by molar-refractivity contribution is -0.160. The van der Waals surface area contributed by atoms with E-state index < -0.39 is 12.3 Å². The van der Waals surface area contributed by atoms with E-state index >= 15 is 0 Å². The first kappa shape index (κ1) is 68.6. The predicted molar refractivity (Wildman–Crippen MR) is 302 cm³/mol. The molecule has 438 valence electrons. The van der Waals surface area contributed by atoms with Gasteiger partial charge in [0.25, 0.3) is 0 Å². The molecule has 2 rings (SSSR count). The molecule has 76 heavy (non-hydrogen) atoms. The number of esters is 5. The van der Waals surface area contributed by atoms with Crippen LogP contribution in [0.2, 0.25) is 0 Å². The molecule has 0 radical (unpaired) electrons. The van der Waals surface area contributed by atoms with E-state index in [4.69, 9.17) is 33.2 Å². The van der Waals surface area contributed by atoms with Crippen LogP contribution < -0.4 is 0 Å². The molecule has 0 aromatic heterocycles. The Balaban J connectivity index is 2.00. The van der Waals surface area contributed by atoms with Crippen LogP contribution in [-0.2, 0) is 77.0 Å². The summed E-state index contributed by atoms with van der Waals surface area (Å²) < 4.78 is 40.9. The number of ether oxygens (including phenoxy) is 7. The quantitative estimate of drug-likeness (QED) is 0.0263. The highest BCUT2D eigenvalue weighted by atomic mass is 16.7. The van der Waals surface area contributed by atoms with Crippen LogP contribution in [0.5, 0.6) is 0 Å². The zero-order chi connectivity index (χ0) is 54.9. The molecule has 0 saturated carbocycles. The third kappa shape index (κ3) is 39.8. The molecule has 0 N–H and O–H groups in total. The number of hydrogen-bond donors (Lipinski definition) is 0. The molecular weight excluding hydrogens is 963 g/mol. The number of unbranched alkanes of at least 4 members (excludes halogenated alkanes) is 21. The largest absolute Gasteiger partial charge is 0.466 e. The van der Waals surface area contributed by atoms with Gasteiger partial charge in [0.2, 0.25) is 0 Å². The number of benzene rings is 1. The summed E-state index contributed by atoms with van der Waals surface area (Å²) in [4.78, 5) is 66.9. The third-order valence-electron chi connectivity index (χ3n) is 14.2. The standard InChI is InChI=1S/C63H109NO12/c1-5-9-13-17-20-23-30-45-70-58(65)35-26-24-27-36-59(66)73-51-54-48-55(52-74-60(67)39-38-57(34-25-16-12-8-4)76-62(69)37-33-44-64-42-28-29-43-64)50-56(49-54)53-75-61(68)40-41-63(71-46-31-21-18-14-10-6-2)72-47-32-22-19-15-11-7-3/h48-50,57,63H,5-47,51-53H2,1-4H3. The van der Waals surface area contributed by atoms with Crippen molar-refractivity contribution >= 4 is 29.8 Å². The molecule has 1 fully saturated rings. The Morgan fingerprint density at radius 1 is 0.395 bits per heavy atom. The lowest BCUT2D eigenvalue weighted by Gasteiger charge is -2.19. The average molecular weight is 1070 g/mol.